The van der Waals surface area contributed by atoms with Gasteiger partial charge in [-0.1, -0.05) is 35.5 Å². The molecule has 0 unspecified atom stereocenters. The van der Waals surface area contributed by atoms with Crippen LogP contribution >= 0.6 is 11.8 Å². The molecule has 0 saturated heterocycles. The molecule has 1 aromatic carbocycles. The minimum Gasteiger partial charge on any atom is -0.465 e. The number of Topliss-reactive ketones (excluding diaryl/α,β-unsaturated/α-hetero) is 1. The van der Waals surface area contributed by atoms with E-state index in [0.29, 0.717) is 27.7 Å². The van der Waals surface area contributed by atoms with Gasteiger partial charge in [-0.3, -0.25) is 4.79 Å². The first-order valence-electron chi connectivity index (χ1n) is 8.73. The van der Waals surface area contributed by atoms with Gasteiger partial charge >= 0.3 is 5.97 Å². The van der Waals surface area contributed by atoms with Crippen molar-refractivity contribution in [3.63, 3.8) is 0 Å². The lowest BCUT2D eigenvalue weighted by Crippen LogP contribution is -2.07. The minimum absolute atomic E-state index is 0.110. The van der Waals surface area contributed by atoms with Gasteiger partial charge in [0.15, 0.2) is 16.8 Å². The predicted octanol–water partition coefficient (Wildman–Crippen LogP) is 3.50. The summed E-state index contributed by atoms with van der Waals surface area (Å²) in [5, 5.41) is 9.12. The van der Waals surface area contributed by atoms with E-state index >= 15 is 0 Å². The van der Waals surface area contributed by atoms with Crippen LogP contribution in [0.4, 0.5) is 0 Å². The summed E-state index contributed by atoms with van der Waals surface area (Å²) in [4.78, 5) is 27.6. The van der Waals surface area contributed by atoms with Gasteiger partial charge in [-0.2, -0.15) is 0 Å². The lowest BCUT2D eigenvalue weighted by atomic mass is 10.1. The Labute approximate surface area is 167 Å². The molecule has 3 aromatic rings. The maximum absolute atomic E-state index is 12.7. The van der Waals surface area contributed by atoms with Crippen molar-refractivity contribution < 1.29 is 14.3 Å². The van der Waals surface area contributed by atoms with Gasteiger partial charge < -0.3 is 14.3 Å². The van der Waals surface area contributed by atoms with Crippen LogP contribution in [0.15, 0.2) is 29.4 Å². The first-order chi connectivity index (χ1) is 13.3. The number of carbonyl (C=O) groups is 2. The topological polar surface area (TPSA) is 89.9 Å². The number of nitrogens with one attached hydrogen (secondary N) is 1. The molecular weight excluding hydrogens is 376 g/mol. The second-order valence-electron chi connectivity index (χ2n) is 6.56. The van der Waals surface area contributed by atoms with E-state index in [0.717, 1.165) is 17.0 Å². The zero-order chi connectivity index (χ0) is 20.4. The summed E-state index contributed by atoms with van der Waals surface area (Å²) in [5.41, 5.74) is 4.18. The Kier molecular flexibility index (Phi) is 5.69. The van der Waals surface area contributed by atoms with Gasteiger partial charge in [-0.25, -0.2) is 4.79 Å². The number of nitrogens with zero attached hydrogens (tertiary/aromatic N) is 3. The number of hydrogen-bond donors (Lipinski definition) is 1. The maximum Gasteiger partial charge on any atom is 0.339 e. The van der Waals surface area contributed by atoms with Crippen LogP contribution < -0.4 is 0 Å². The second-order valence-corrected chi connectivity index (χ2v) is 7.51. The molecule has 1 N–H and O–H groups in total. The monoisotopic (exact) mass is 398 g/mol. The first kappa shape index (κ1) is 19.9. The molecule has 3 rings (SSSR count). The molecule has 0 aliphatic carbocycles. The lowest BCUT2D eigenvalue weighted by molar-refractivity contribution is 0.0599. The van der Waals surface area contributed by atoms with Crippen molar-refractivity contribution in [1.82, 2.24) is 19.7 Å². The Morgan fingerprint density at radius 1 is 1.21 bits per heavy atom. The van der Waals surface area contributed by atoms with E-state index in [9.17, 15) is 9.59 Å². The second kappa shape index (κ2) is 8.02. The Hall–Kier alpha value is -2.87. The summed E-state index contributed by atoms with van der Waals surface area (Å²) in [5.74, 6) is 0.370. The highest BCUT2D eigenvalue weighted by atomic mass is 32.2. The van der Waals surface area contributed by atoms with Crippen LogP contribution in [0.25, 0.3) is 11.4 Å². The molecule has 2 heterocycles. The number of H-pyrrole nitrogens is 1. The number of ketones is 1. The largest absolute Gasteiger partial charge is 0.465 e. The fourth-order valence-corrected chi connectivity index (χ4v) is 3.90. The van der Waals surface area contributed by atoms with E-state index in [4.69, 9.17) is 4.74 Å². The minimum atomic E-state index is -0.450. The van der Waals surface area contributed by atoms with Crippen LogP contribution in [-0.4, -0.2) is 44.4 Å². The van der Waals surface area contributed by atoms with Crippen LogP contribution in [0.1, 0.15) is 37.7 Å². The number of benzene rings is 1. The fraction of sp³-hybridized carbons (Fsp3) is 0.300. The van der Waals surface area contributed by atoms with Gasteiger partial charge in [0, 0.05) is 18.3 Å². The summed E-state index contributed by atoms with van der Waals surface area (Å²) >= 11 is 1.31. The fourth-order valence-electron chi connectivity index (χ4n) is 3.12. The van der Waals surface area contributed by atoms with E-state index in [-0.39, 0.29) is 11.5 Å². The molecule has 7 nitrogen and oxygen atoms in total. The first-order valence-corrected chi connectivity index (χ1v) is 9.72. The Morgan fingerprint density at radius 2 is 1.96 bits per heavy atom. The molecule has 0 bridgehead atoms. The highest BCUT2D eigenvalue weighted by molar-refractivity contribution is 7.99. The van der Waals surface area contributed by atoms with E-state index < -0.39 is 5.97 Å². The van der Waals surface area contributed by atoms with E-state index in [1.54, 1.807) is 13.8 Å². The van der Waals surface area contributed by atoms with Crippen LogP contribution in [0, 0.1) is 20.8 Å². The average molecular weight is 398 g/mol. The maximum atomic E-state index is 12.7. The third-order valence-corrected chi connectivity index (χ3v) is 5.57. The number of aromatic nitrogens is 4. The molecule has 0 aliphatic heterocycles. The highest BCUT2D eigenvalue weighted by Crippen LogP contribution is 2.25. The molecule has 0 atom stereocenters. The number of thioether (sulfide) groups is 1. The molecule has 8 heteroatoms. The van der Waals surface area contributed by atoms with Crippen molar-refractivity contribution >= 4 is 23.5 Å². The molecule has 0 spiro atoms. The third kappa shape index (κ3) is 3.73. The zero-order valence-corrected chi connectivity index (χ0v) is 17.3. The summed E-state index contributed by atoms with van der Waals surface area (Å²) in [6.45, 7) is 5.52. The molecule has 0 saturated carbocycles. The molecule has 28 heavy (non-hydrogen) atoms. The Balaban J connectivity index is 1.77. The number of hydrogen-bond acceptors (Lipinski definition) is 6. The zero-order valence-electron chi connectivity index (χ0n) is 16.5. The van der Waals surface area contributed by atoms with Crippen molar-refractivity contribution in [2.24, 2.45) is 7.05 Å². The standard InChI is InChI=1S/C20H22N4O3S/c1-11-7-6-8-14(9-11)18-22-23-20(24(18)4)28-10-15(25)17-12(2)16(13(3)21-17)19(26)27-5/h6-9,21H,10H2,1-5H3. The number of methoxy groups -OCH3 is 1. The average Bonchev–Trinajstić information content (AvgIpc) is 3.18. The summed E-state index contributed by atoms with van der Waals surface area (Å²) in [6, 6.07) is 8.03. The number of aryl methyl sites for hydroxylation is 2. The SMILES string of the molecule is COC(=O)c1c(C)[nH]c(C(=O)CSc2nnc(-c3cccc(C)c3)n2C)c1C. The van der Waals surface area contributed by atoms with Crippen molar-refractivity contribution in [3.05, 3.63) is 52.3 Å². The summed E-state index contributed by atoms with van der Waals surface area (Å²) in [7, 11) is 3.20. The van der Waals surface area contributed by atoms with E-state index in [2.05, 4.69) is 15.2 Å². The van der Waals surface area contributed by atoms with Crippen LogP contribution in [-0.2, 0) is 11.8 Å². The van der Waals surface area contributed by atoms with Crippen molar-refractivity contribution in [2.45, 2.75) is 25.9 Å². The van der Waals surface area contributed by atoms with Gasteiger partial charge in [0.05, 0.1) is 24.1 Å². The number of aromatic amines is 1. The molecule has 0 radical (unpaired) electrons. The van der Waals surface area contributed by atoms with Gasteiger partial charge in [0.2, 0.25) is 0 Å². The summed E-state index contributed by atoms with van der Waals surface area (Å²) in [6.07, 6.45) is 0. The molecule has 0 aliphatic rings. The molecule has 0 fully saturated rings. The predicted molar refractivity (Wildman–Crippen MR) is 108 cm³/mol. The molecular formula is C20H22N4O3S. The van der Waals surface area contributed by atoms with E-state index in [1.807, 2.05) is 42.8 Å². The normalized spacial score (nSPS) is 10.9. The van der Waals surface area contributed by atoms with Gasteiger partial charge in [-0.15, -0.1) is 10.2 Å². The number of ether oxygens (including phenoxy) is 1. The smallest absolute Gasteiger partial charge is 0.339 e. The van der Waals surface area contributed by atoms with Crippen molar-refractivity contribution in [1.29, 1.82) is 0 Å². The van der Waals surface area contributed by atoms with Crippen LogP contribution in [0.3, 0.4) is 0 Å². The van der Waals surface area contributed by atoms with Gasteiger partial charge in [0.1, 0.15) is 0 Å². The highest BCUT2D eigenvalue weighted by Gasteiger charge is 2.23. The van der Waals surface area contributed by atoms with Gasteiger partial charge in [0.25, 0.3) is 0 Å². The van der Waals surface area contributed by atoms with Crippen molar-refractivity contribution in [2.75, 3.05) is 12.9 Å². The Bertz CT molecular complexity index is 1050. The molecule has 0 amide bonds. The van der Waals surface area contributed by atoms with E-state index in [1.165, 1.54) is 18.9 Å². The van der Waals surface area contributed by atoms with Gasteiger partial charge in [-0.05, 0) is 32.4 Å². The van der Waals surface area contributed by atoms with Crippen LogP contribution in [0.2, 0.25) is 0 Å². The quantitative estimate of drug-likeness (QED) is 0.388. The third-order valence-electron chi connectivity index (χ3n) is 4.55. The van der Waals surface area contributed by atoms with Crippen molar-refractivity contribution in [3.8, 4) is 11.4 Å². The Morgan fingerprint density at radius 3 is 2.64 bits per heavy atom. The number of esters is 1. The summed E-state index contributed by atoms with van der Waals surface area (Å²) < 4.78 is 6.67. The lowest BCUT2D eigenvalue weighted by Gasteiger charge is -2.05. The number of rotatable bonds is 6. The van der Waals surface area contributed by atoms with Crippen LogP contribution in [0.5, 0.6) is 0 Å². The molecule has 2 aromatic heterocycles. The number of carbonyl (C=O) groups excluding carboxylic acids is 2. The molecule has 146 valence electrons.